The number of carbonyl (C=O) groups is 1. The molecule has 0 radical (unpaired) electrons. The smallest absolute Gasteiger partial charge is 0.335 e. The summed E-state index contributed by atoms with van der Waals surface area (Å²) in [4.78, 5) is 20.1. The Labute approximate surface area is 148 Å². The normalized spacial score (nSPS) is 10.9. The van der Waals surface area contributed by atoms with Crippen LogP contribution in [0.4, 0.5) is 0 Å². The van der Waals surface area contributed by atoms with Gasteiger partial charge in [-0.1, -0.05) is 19.9 Å². The number of carboxylic acids is 1. The predicted octanol–water partition coefficient (Wildman–Crippen LogP) is 2.98. The van der Waals surface area contributed by atoms with Crippen molar-refractivity contribution in [1.82, 2.24) is 15.3 Å². The Morgan fingerprint density at radius 1 is 1.24 bits per heavy atom. The Balaban J connectivity index is 2.09. The number of nitrogens with zero attached hydrogens (tertiary/aromatic N) is 2. The molecule has 6 nitrogen and oxygen atoms in total. The van der Waals surface area contributed by atoms with Crippen LogP contribution in [0.5, 0.6) is 5.88 Å². The van der Waals surface area contributed by atoms with Gasteiger partial charge in [-0.3, -0.25) is 4.98 Å². The largest absolute Gasteiger partial charge is 0.481 e. The molecule has 0 spiro atoms. The van der Waals surface area contributed by atoms with E-state index in [4.69, 9.17) is 9.84 Å². The molecule has 2 aromatic rings. The number of aryl methyl sites for hydroxylation is 1. The molecule has 2 aromatic heterocycles. The van der Waals surface area contributed by atoms with E-state index in [0.717, 1.165) is 12.1 Å². The second-order valence-corrected chi connectivity index (χ2v) is 6.45. The fourth-order valence-electron chi connectivity index (χ4n) is 2.66. The van der Waals surface area contributed by atoms with Crippen molar-refractivity contribution >= 4 is 5.97 Å². The van der Waals surface area contributed by atoms with E-state index in [1.165, 1.54) is 5.56 Å². The van der Waals surface area contributed by atoms with Gasteiger partial charge in [-0.15, -0.1) is 0 Å². The third-order valence-electron chi connectivity index (χ3n) is 3.73. The number of hydrogen-bond acceptors (Lipinski definition) is 5. The summed E-state index contributed by atoms with van der Waals surface area (Å²) in [5.41, 5.74) is 3.78. The first-order valence-electron chi connectivity index (χ1n) is 8.33. The van der Waals surface area contributed by atoms with Crippen LogP contribution in [-0.2, 0) is 19.5 Å². The summed E-state index contributed by atoms with van der Waals surface area (Å²) in [6.07, 6.45) is 0.944. The van der Waals surface area contributed by atoms with Crippen molar-refractivity contribution in [1.29, 1.82) is 0 Å². The molecule has 2 N–H and O–H groups in total. The van der Waals surface area contributed by atoms with Crippen molar-refractivity contribution in [2.24, 2.45) is 5.92 Å². The first kappa shape index (κ1) is 18.9. The molecule has 0 saturated heterocycles. The van der Waals surface area contributed by atoms with E-state index >= 15 is 0 Å². The lowest BCUT2D eigenvalue weighted by molar-refractivity contribution is 0.0696. The van der Waals surface area contributed by atoms with Crippen LogP contribution in [0.1, 0.15) is 46.9 Å². The Bertz CT molecular complexity index is 745. The molecule has 2 rings (SSSR count). The highest BCUT2D eigenvalue weighted by Gasteiger charge is 2.10. The maximum absolute atomic E-state index is 11.1. The number of aromatic nitrogens is 2. The zero-order chi connectivity index (χ0) is 18.4. The van der Waals surface area contributed by atoms with E-state index in [1.54, 1.807) is 26.2 Å². The summed E-state index contributed by atoms with van der Waals surface area (Å²) in [6.45, 7) is 7.18. The van der Waals surface area contributed by atoms with Gasteiger partial charge < -0.3 is 15.2 Å². The van der Waals surface area contributed by atoms with Crippen LogP contribution >= 0.6 is 0 Å². The molecule has 0 fully saturated rings. The van der Waals surface area contributed by atoms with E-state index in [2.05, 4.69) is 35.2 Å². The highest BCUT2D eigenvalue weighted by Crippen LogP contribution is 2.17. The molecule has 0 aliphatic heterocycles. The van der Waals surface area contributed by atoms with Crippen LogP contribution < -0.4 is 10.1 Å². The average molecular weight is 343 g/mol. The molecule has 0 atom stereocenters. The molecule has 0 amide bonds. The molecule has 134 valence electrons. The van der Waals surface area contributed by atoms with Gasteiger partial charge in [0.25, 0.3) is 0 Å². The SMILES string of the molecule is COc1ccc(CC(C)C)c(CNCc2cc(C(=O)O)cc(C)n2)n1. The van der Waals surface area contributed by atoms with E-state index in [1.807, 2.05) is 6.07 Å². The maximum atomic E-state index is 11.1. The number of ether oxygens (including phenoxy) is 1. The third-order valence-corrected chi connectivity index (χ3v) is 3.73. The van der Waals surface area contributed by atoms with Crippen LogP contribution in [-0.4, -0.2) is 28.2 Å². The fraction of sp³-hybridized carbons (Fsp3) is 0.421. The monoisotopic (exact) mass is 343 g/mol. The first-order valence-corrected chi connectivity index (χ1v) is 8.33. The Morgan fingerprint density at radius 3 is 2.64 bits per heavy atom. The van der Waals surface area contributed by atoms with Gasteiger partial charge in [-0.05, 0) is 37.0 Å². The minimum atomic E-state index is -0.944. The van der Waals surface area contributed by atoms with Gasteiger partial charge in [-0.2, -0.15) is 0 Å². The fourth-order valence-corrected chi connectivity index (χ4v) is 2.66. The Morgan fingerprint density at radius 2 is 2.00 bits per heavy atom. The van der Waals surface area contributed by atoms with Crippen LogP contribution in [0, 0.1) is 12.8 Å². The van der Waals surface area contributed by atoms with Gasteiger partial charge in [0.2, 0.25) is 5.88 Å². The average Bonchev–Trinajstić information content (AvgIpc) is 2.55. The highest BCUT2D eigenvalue weighted by atomic mass is 16.5. The van der Waals surface area contributed by atoms with Gasteiger partial charge in [0, 0.05) is 24.8 Å². The second kappa shape index (κ2) is 8.58. The Hall–Kier alpha value is -2.47. The molecule has 6 heteroatoms. The molecule has 0 aliphatic rings. The number of aromatic carboxylic acids is 1. The van der Waals surface area contributed by atoms with Crippen molar-refractivity contribution in [2.45, 2.75) is 40.3 Å². The summed E-state index contributed by atoms with van der Waals surface area (Å²) in [5.74, 6) is 0.178. The molecule has 2 heterocycles. The number of pyridine rings is 2. The van der Waals surface area contributed by atoms with Crippen LogP contribution in [0.15, 0.2) is 24.3 Å². The van der Waals surface area contributed by atoms with Crippen molar-refractivity contribution in [3.63, 3.8) is 0 Å². The maximum Gasteiger partial charge on any atom is 0.335 e. The first-order chi connectivity index (χ1) is 11.9. The van der Waals surface area contributed by atoms with Crippen molar-refractivity contribution in [2.75, 3.05) is 7.11 Å². The molecule has 0 unspecified atom stereocenters. The summed E-state index contributed by atoms with van der Waals surface area (Å²) in [6, 6.07) is 7.09. The predicted molar refractivity (Wildman–Crippen MR) is 95.8 cm³/mol. The van der Waals surface area contributed by atoms with Crippen LogP contribution in [0.25, 0.3) is 0 Å². The number of carboxylic acid groups (broad SMARTS) is 1. The lowest BCUT2D eigenvalue weighted by atomic mass is 10.0. The standard InChI is InChI=1S/C19H25N3O3/c1-12(2)7-14-5-6-18(25-4)22-17(14)11-20-10-16-9-15(19(23)24)8-13(3)21-16/h5-6,8-9,12,20H,7,10-11H2,1-4H3,(H,23,24). The number of methoxy groups -OCH3 is 1. The number of nitrogens with one attached hydrogen (secondary N) is 1. The van der Waals surface area contributed by atoms with Crippen LogP contribution in [0.2, 0.25) is 0 Å². The summed E-state index contributed by atoms with van der Waals surface area (Å²) < 4.78 is 5.22. The van der Waals surface area contributed by atoms with Gasteiger partial charge in [-0.25, -0.2) is 9.78 Å². The third kappa shape index (κ3) is 5.53. The van der Waals surface area contributed by atoms with Crippen molar-refractivity contribution in [3.05, 3.63) is 52.5 Å². The Kier molecular flexibility index (Phi) is 6.47. The summed E-state index contributed by atoms with van der Waals surface area (Å²) in [7, 11) is 1.60. The van der Waals surface area contributed by atoms with Gasteiger partial charge in [0.05, 0.1) is 24.1 Å². The van der Waals surface area contributed by atoms with Crippen molar-refractivity contribution < 1.29 is 14.6 Å². The second-order valence-electron chi connectivity index (χ2n) is 6.45. The summed E-state index contributed by atoms with van der Waals surface area (Å²) >= 11 is 0. The molecule has 0 aromatic carbocycles. The molecular formula is C19H25N3O3. The molecule has 25 heavy (non-hydrogen) atoms. The van der Waals surface area contributed by atoms with Crippen molar-refractivity contribution in [3.8, 4) is 5.88 Å². The molecule has 0 saturated carbocycles. The minimum Gasteiger partial charge on any atom is -0.481 e. The van der Waals surface area contributed by atoms with E-state index in [-0.39, 0.29) is 5.56 Å². The zero-order valence-corrected chi connectivity index (χ0v) is 15.2. The quantitative estimate of drug-likeness (QED) is 0.766. The van der Waals surface area contributed by atoms with Gasteiger partial charge in [0.15, 0.2) is 0 Å². The topological polar surface area (TPSA) is 84.3 Å². The lowest BCUT2D eigenvalue weighted by Crippen LogP contribution is -2.17. The van der Waals surface area contributed by atoms with Gasteiger partial charge >= 0.3 is 5.97 Å². The number of hydrogen-bond donors (Lipinski definition) is 2. The molecule has 0 bridgehead atoms. The zero-order valence-electron chi connectivity index (χ0n) is 15.2. The lowest BCUT2D eigenvalue weighted by Gasteiger charge is -2.13. The van der Waals surface area contributed by atoms with E-state index < -0.39 is 5.97 Å². The van der Waals surface area contributed by atoms with E-state index in [0.29, 0.717) is 36.3 Å². The minimum absolute atomic E-state index is 0.254. The number of rotatable bonds is 8. The van der Waals surface area contributed by atoms with E-state index in [9.17, 15) is 4.79 Å². The highest BCUT2D eigenvalue weighted by molar-refractivity contribution is 5.87. The molecule has 0 aliphatic carbocycles. The van der Waals surface area contributed by atoms with Crippen LogP contribution in [0.3, 0.4) is 0 Å². The summed E-state index contributed by atoms with van der Waals surface area (Å²) in [5, 5.41) is 12.4. The molecular weight excluding hydrogens is 318 g/mol. The van der Waals surface area contributed by atoms with Gasteiger partial charge in [0.1, 0.15) is 0 Å².